The number of nitrogens with two attached hydrogens (primary N) is 1. The highest BCUT2D eigenvalue weighted by Crippen LogP contribution is 2.41. The van der Waals surface area contributed by atoms with E-state index in [1.165, 1.54) is 6.07 Å². The third-order valence-corrected chi connectivity index (χ3v) is 5.90. The Morgan fingerprint density at radius 2 is 1.92 bits per heavy atom. The number of nitrogens with one attached hydrogen (secondary N) is 1. The molecular formula is C27H29F2N3O4. The average molecular weight is 498 g/mol. The van der Waals surface area contributed by atoms with Gasteiger partial charge in [-0.25, -0.2) is 4.99 Å². The highest BCUT2D eigenvalue weighted by atomic mass is 19.3. The molecule has 0 fully saturated rings. The van der Waals surface area contributed by atoms with Crippen LogP contribution in [0.1, 0.15) is 29.2 Å². The summed E-state index contributed by atoms with van der Waals surface area (Å²) in [5.41, 5.74) is 9.68. The van der Waals surface area contributed by atoms with Crippen LogP contribution in [0.5, 0.6) is 11.5 Å². The van der Waals surface area contributed by atoms with Crippen LogP contribution in [0.2, 0.25) is 0 Å². The van der Waals surface area contributed by atoms with Gasteiger partial charge in [-0.15, -0.1) is 0 Å². The number of rotatable bonds is 10. The van der Waals surface area contributed by atoms with Crippen molar-refractivity contribution >= 4 is 17.4 Å². The van der Waals surface area contributed by atoms with Crippen molar-refractivity contribution in [2.45, 2.75) is 32.6 Å². The second kappa shape index (κ2) is 10.8. The van der Waals surface area contributed by atoms with E-state index in [1.807, 2.05) is 49.4 Å². The molecule has 9 heteroatoms. The summed E-state index contributed by atoms with van der Waals surface area (Å²) in [6.45, 7) is 1.85. The van der Waals surface area contributed by atoms with Crippen molar-refractivity contribution in [1.29, 1.82) is 0 Å². The van der Waals surface area contributed by atoms with E-state index in [0.29, 0.717) is 18.8 Å². The fraction of sp³-hybridized carbons (Fsp3) is 0.296. The Bertz CT molecular complexity index is 1250. The van der Waals surface area contributed by atoms with Crippen LogP contribution >= 0.6 is 0 Å². The van der Waals surface area contributed by atoms with Crippen molar-refractivity contribution in [3.63, 3.8) is 0 Å². The normalized spacial score (nSPS) is 17.0. The number of alkyl halides is 2. The maximum atomic E-state index is 12.8. The highest BCUT2D eigenvalue weighted by molar-refractivity contribution is 5.76. The second-order valence-corrected chi connectivity index (χ2v) is 8.37. The molecule has 3 aromatic rings. The molecule has 0 unspecified atom stereocenters. The number of nitrogens with zero attached hydrogens (tertiary/aromatic N) is 1. The molecule has 1 atom stereocenters. The highest BCUT2D eigenvalue weighted by Gasteiger charge is 2.41. The monoisotopic (exact) mass is 497 g/mol. The zero-order chi connectivity index (χ0) is 25.7. The summed E-state index contributed by atoms with van der Waals surface area (Å²) in [5.74, 6) is 0.829. The molecule has 190 valence electrons. The molecule has 1 heterocycles. The molecule has 1 aliphatic heterocycles. The fourth-order valence-corrected chi connectivity index (χ4v) is 4.20. The van der Waals surface area contributed by atoms with Gasteiger partial charge >= 0.3 is 6.61 Å². The van der Waals surface area contributed by atoms with E-state index in [0.717, 1.165) is 33.8 Å². The molecule has 7 nitrogen and oxygen atoms in total. The van der Waals surface area contributed by atoms with E-state index in [9.17, 15) is 8.78 Å². The van der Waals surface area contributed by atoms with Gasteiger partial charge in [-0.1, -0.05) is 18.2 Å². The maximum Gasteiger partial charge on any atom is 0.387 e. The maximum absolute atomic E-state index is 12.8. The van der Waals surface area contributed by atoms with Crippen molar-refractivity contribution in [3.8, 4) is 11.5 Å². The molecule has 3 N–H and O–H groups in total. The van der Waals surface area contributed by atoms with Gasteiger partial charge in [0.2, 0.25) is 0 Å². The number of methoxy groups -OCH3 is 1. The number of benzene rings is 3. The summed E-state index contributed by atoms with van der Waals surface area (Å²) in [6.07, 6.45) is 0. The molecule has 0 saturated carbocycles. The summed E-state index contributed by atoms with van der Waals surface area (Å²) in [4.78, 5) is 4.68. The molecule has 4 rings (SSSR count). The molecule has 0 amide bonds. The van der Waals surface area contributed by atoms with Gasteiger partial charge in [-0.05, 0) is 72.5 Å². The van der Waals surface area contributed by atoms with E-state index in [2.05, 4.69) is 15.0 Å². The first-order valence-corrected chi connectivity index (χ1v) is 11.5. The van der Waals surface area contributed by atoms with Crippen LogP contribution in [0.25, 0.3) is 0 Å². The molecule has 0 aliphatic carbocycles. The zero-order valence-electron chi connectivity index (χ0n) is 20.4. The minimum absolute atomic E-state index is 0.0538. The van der Waals surface area contributed by atoms with Gasteiger partial charge in [0.05, 0.1) is 13.7 Å². The molecule has 36 heavy (non-hydrogen) atoms. The van der Waals surface area contributed by atoms with Crippen molar-refractivity contribution in [3.05, 3.63) is 82.9 Å². The van der Waals surface area contributed by atoms with Gasteiger partial charge in [-0.2, -0.15) is 8.78 Å². The minimum atomic E-state index is -2.91. The predicted molar refractivity (Wildman–Crippen MR) is 134 cm³/mol. The zero-order valence-corrected chi connectivity index (χ0v) is 20.4. The molecule has 0 saturated heterocycles. The van der Waals surface area contributed by atoms with Crippen LogP contribution in [0, 0.1) is 6.92 Å². The quantitative estimate of drug-likeness (QED) is 0.386. The lowest BCUT2D eigenvalue weighted by molar-refractivity contribution is -0.0503. The van der Waals surface area contributed by atoms with Crippen LogP contribution in [0.4, 0.5) is 20.2 Å². The molecule has 0 radical (unpaired) electrons. The summed E-state index contributed by atoms with van der Waals surface area (Å²) in [7, 11) is 1.62. The van der Waals surface area contributed by atoms with E-state index < -0.39 is 12.2 Å². The number of hydrogen-bond donors (Lipinski definition) is 2. The molecule has 0 bridgehead atoms. The van der Waals surface area contributed by atoms with Crippen molar-refractivity contribution in [2.24, 2.45) is 10.7 Å². The van der Waals surface area contributed by atoms with Crippen LogP contribution in [-0.2, 0) is 21.6 Å². The third kappa shape index (κ3) is 5.52. The van der Waals surface area contributed by atoms with Crippen LogP contribution < -0.4 is 20.5 Å². The van der Waals surface area contributed by atoms with Crippen molar-refractivity contribution in [1.82, 2.24) is 0 Å². The van der Waals surface area contributed by atoms with Crippen LogP contribution in [0.3, 0.4) is 0 Å². The Morgan fingerprint density at radius 1 is 1.08 bits per heavy atom. The second-order valence-electron chi connectivity index (χ2n) is 8.37. The summed E-state index contributed by atoms with van der Waals surface area (Å²) < 4.78 is 46.9. The lowest BCUT2D eigenvalue weighted by atomic mass is 9.82. The van der Waals surface area contributed by atoms with Crippen molar-refractivity contribution in [2.75, 3.05) is 25.6 Å². The Balaban J connectivity index is 1.80. The summed E-state index contributed by atoms with van der Waals surface area (Å²) in [5, 5.41) is 3.42. The average Bonchev–Trinajstić information content (AvgIpc) is 3.26. The van der Waals surface area contributed by atoms with E-state index in [1.54, 1.807) is 26.2 Å². The van der Waals surface area contributed by atoms with Gasteiger partial charge in [0, 0.05) is 24.0 Å². The topological polar surface area (TPSA) is 87.3 Å². The molecule has 0 spiro atoms. The SMILES string of the molecule is CCOCc1cc(Nc2cccc(OC)c2)cc([C@@]2(c3ccc(OC(F)F)c(C)c3)COC(N)=N2)c1. The first kappa shape index (κ1) is 25.2. The Labute approximate surface area is 208 Å². The number of aryl methyl sites for hydroxylation is 1. The number of amidine groups is 1. The lowest BCUT2D eigenvalue weighted by Gasteiger charge is -2.27. The van der Waals surface area contributed by atoms with Crippen molar-refractivity contribution < 1.29 is 27.7 Å². The van der Waals surface area contributed by atoms with Gasteiger partial charge in [0.1, 0.15) is 18.1 Å². The number of halogens is 2. The van der Waals surface area contributed by atoms with Crippen LogP contribution in [-0.4, -0.2) is 33.0 Å². The Kier molecular flexibility index (Phi) is 7.59. The van der Waals surface area contributed by atoms with Gasteiger partial charge in [0.15, 0.2) is 5.54 Å². The first-order valence-electron chi connectivity index (χ1n) is 11.5. The van der Waals surface area contributed by atoms with Gasteiger partial charge in [-0.3, -0.25) is 0 Å². The summed E-state index contributed by atoms with van der Waals surface area (Å²) >= 11 is 0. The molecule has 3 aromatic carbocycles. The third-order valence-electron chi connectivity index (χ3n) is 5.90. The smallest absolute Gasteiger partial charge is 0.387 e. The first-order chi connectivity index (χ1) is 17.3. The van der Waals surface area contributed by atoms with Crippen LogP contribution in [0.15, 0.2) is 65.7 Å². The van der Waals surface area contributed by atoms with E-state index >= 15 is 0 Å². The Hall–Kier alpha value is -3.85. The fourth-order valence-electron chi connectivity index (χ4n) is 4.20. The standard InChI is InChI=1S/C27H29F2N3O4/c1-4-34-15-18-11-20(13-22(12-18)31-21-6-5-7-23(14-21)33-3)27(16-35-26(30)32-27)19-8-9-24(17(2)10-19)36-25(28)29/h5-14,25,31H,4,15-16H2,1-3H3,(H2,30,32)/t27-/m0/s1. The number of hydrogen-bond acceptors (Lipinski definition) is 7. The minimum Gasteiger partial charge on any atom is -0.497 e. The molecule has 1 aliphatic rings. The number of aliphatic imine (C=N–C) groups is 1. The molecule has 0 aromatic heterocycles. The number of ether oxygens (including phenoxy) is 4. The largest absolute Gasteiger partial charge is 0.497 e. The Morgan fingerprint density at radius 3 is 2.58 bits per heavy atom. The van der Waals surface area contributed by atoms with Gasteiger partial charge < -0.3 is 30.0 Å². The van der Waals surface area contributed by atoms with Gasteiger partial charge in [0.25, 0.3) is 6.02 Å². The summed E-state index contributed by atoms with van der Waals surface area (Å²) in [6, 6.07) is 18.6. The molecular weight excluding hydrogens is 468 g/mol. The van der Waals surface area contributed by atoms with E-state index in [4.69, 9.17) is 19.9 Å². The predicted octanol–water partition coefficient (Wildman–Crippen LogP) is 5.47. The number of anilines is 2. The lowest BCUT2D eigenvalue weighted by Crippen LogP contribution is -2.27. The van der Waals surface area contributed by atoms with E-state index in [-0.39, 0.29) is 18.4 Å².